The first-order chi connectivity index (χ1) is 18.3. The summed E-state index contributed by atoms with van der Waals surface area (Å²) in [6, 6.07) is 16.6. The average molecular weight is 534 g/mol. The summed E-state index contributed by atoms with van der Waals surface area (Å²) in [5.41, 5.74) is 4.82. The number of amides is 1. The van der Waals surface area contributed by atoms with Crippen LogP contribution in [0.15, 0.2) is 48.5 Å². The summed E-state index contributed by atoms with van der Waals surface area (Å²) in [5, 5.41) is 2.74. The molecule has 0 radical (unpaired) electrons. The number of halogens is 1. The summed E-state index contributed by atoms with van der Waals surface area (Å²) in [6.07, 6.45) is 4.04. The summed E-state index contributed by atoms with van der Waals surface area (Å²) < 4.78 is 27.5. The van der Waals surface area contributed by atoms with Crippen molar-refractivity contribution in [3.63, 3.8) is 0 Å². The number of carbonyl (C=O) groups is 1. The van der Waals surface area contributed by atoms with Gasteiger partial charge in [0.2, 0.25) is 0 Å². The van der Waals surface area contributed by atoms with Crippen molar-refractivity contribution < 1.29 is 28.5 Å². The number of nitrogens with one attached hydrogen (secondary N) is 1. The van der Waals surface area contributed by atoms with Crippen LogP contribution in [0.5, 0.6) is 0 Å². The fourth-order valence-corrected chi connectivity index (χ4v) is 4.48. The highest BCUT2D eigenvalue weighted by Gasteiger charge is 2.28. The summed E-state index contributed by atoms with van der Waals surface area (Å²) in [4.78, 5) is 12.2. The number of alkyl halides is 1. The molecular weight excluding hydrogens is 494 g/mol. The fourth-order valence-electron chi connectivity index (χ4n) is 4.29. The number of alkyl carbamates (subject to hydrolysis) is 1. The Labute approximate surface area is 225 Å². The van der Waals surface area contributed by atoms with E-state index in [1.165, 1.54) is 28.7 Å². The zero-order valence-corrected chi connectivity index (χ0v) is 22.4. The molecule has 0 atom stereocenters. The number of fused-ring (bicyclic) bond motifs is 3. The van der Waals surface area contributed by atoms with Crippen molar-refractivity contribution in [2.45, 2.75) is 31.6 Å². The van der Waals surface area contributed by atoms with Crippen molar-refractivity contribution in [1.82, 2.24) is 5.32 Å². The predicted octanol–water partition coefficient (Wildman–Crippen LogP) is 5.39. The number of ether oxygens (including phenoxy) is 5. The second-order valence-electron chi connectivity index (χ2n) is 8.81. The van der Waals surface area contributed by atoms with E-state index >= 15 is 0 Å². The van der Waals surface area contributed by atoms with E-state index in [-0.39, 0.29) is 5.92 Å². The lowest BCUT2D eigenvalue weighted by atomic mass is 9.98. The number of carbonyl (C=O) groups excluding carboxylic acids is 1. The molecule has 0 saturated heterocycles. The number of benzene rings is 2. The van der Waals surface area contributed by atoms with Gasteiger partial charge in [-0.3, -0.25) is 0 Å². The van der Waals surface area contributed by atoms with Gasteiger partial charge in [0.25, 0.3) is 0 Å². The minimum Gasteiger partial charge on any atom is -0.449 e. The Hall–Kier alpha value is -2.16. The predicted molar refractivity (Wildman–Crippen MR) is 146 cm³/mol. The van der Waals surface area contributed by atoms with Crippen LogP contribution in [0, 0.1) is 0 Å². The maximum atomic E-state index is 12.2. The molecule has 204 valence electrons. The maximum absolute atomic E-state index is 12.2. The van der Waals surface area contributed by atoms with Gasteiger partial charge in [0.05, 0.1) is 46.2 Å². The van der Waals surface area contributed by atoms with Crippen molar-refractivity contribution in [2.24, 2.45) is 0 Å². The van der Waals surface area contributed by atoms with Crippen molar-refractivity contribution in [1.29, 1.82) is 0 Å². The third-order valence-electron chi connectivity index (χ3n) is 6.15. The molecule has 0 aromatic heterocycles. The summed E-state index contributed by atoms with van der Waals surface area (Å²) in [6.45, 7) is 5.01. The van der Waals surface area contributed by atoms with E-state index in [1.54, 1.807) is 0 Å². The summed E-state index contributed by atoms with van der Waals surface area (Å²) in [5.74, 6) is 0.795. The van der Waals surface area contributed by atoms with Gasteiger partial charge in [0.1, 0.15) is 6.61 Å². The standard InChI is InChI=1S/C29H40ClNO6/c30-13-7-1-2-8-15-33-17-19-35-21-22-36-20-18-34-16-14-31-29(32)37-23-28-26-11-5-3-9-24(26)25-10-4-6-12-27(25)28/h3-6,9-12,28H,1-2,7-8,13-23H2,(H,31,32). The van der Waals surface area contributed by atoms with Crippen LogP contribution in [0.25, 0.3) is 11.1 Å². The topological polar surface area (TPSA) is 75.3 Å². The normalized spacial score (nSPS) is 12.4. The number of hydrogen-bond donors (Lipinski definition) is 1. The average Bonchev–Trinajstić information content (AvgIpc) is 3.25. The number of rotatable bonds is 20. The number of hydrogen-bond acceptors (Lipinski definition) is 6. The molecule has 0 spiro atoms. The summed E-state index contributed by atoms with van der Waals surface area (Å²) >= 11 is 5.65. The molecule has 8 heteroatoms. The molecular formula is C29H40ClNO6. The Morgan fingerprint density at radius 1 is 0.676 bits per heavy atom. The molecule has 0 heterocycles. The van der Waals surface area contributed by atoms with Gasteiger partial charge in [-0.05, 0) is 35.1 Å². The Morgan fingerprint density at radius 2 is 1.19 bits per heavy atom. The smallest absolute Gasteiger partial charge is 0.407 e. The molecule has 0 unspecified atom stereocenters. The first kappa shape index (κ1) is 29.4. The lowest BCUT2D eigenvalue weighted by molar-refractivity contribution is -0.00180. The molecule has 7 nitrogen and oxygen atoms in total. The third kappa shape index (κ3) is 10.6. The van der Waals surface area contributed by atoms with Crippen LogP contribution in [0.3, 0.4) is 0 Å². The molecule has 0 aliphatic heterocycles. The highest BCUT2D eigenvalue weighted by atomic mass is 35.5. The fraction of sp³-hybridized carbons (Fsp3) is 0.552. The minimum absolute atomic E-state index is 0.0550. The van der Waals surface area contributed by atoms with Crippen LogP contribution in [0.2, 0.25) is 0 Å². The van der Waals surface area contributed by atoms with Gasteiger partial charge in [-0.2, -0.15) is 0 Å². The van der Waals surface area contributed by atoms with E-state index in [2.05, 4.69) is 29.6 Å². The van der Waals surface area contributed by atoms with Gasteiger partial charge in [0.15, 0.2) is 0 Å². The van der Waals surface area contributed by atoms with Crippen LogP contribution >= 0.6 is 11.6 Å². The Bertz CT molecular complexity index is 866. The number of unbranched alkanes of at least 4 members (excludes halogenated alkanes) is 3. The zero-order valence-electron chi connectivity index (χ0n) is 21.6. The van der Waals surface area contributed by atoms with Crippen molar-refractivity contribution >= 4 is 17.7 Å². The Kier molecular flexibility index (Phi) is 14.4. The SMILES string of the molecule is O=C(NCCOCCOCCOCCOCCCCCCCl)OCC1c2ccccc2-c2ccccc21. The second-order valence-corrected chi connectivity index (χ2v) is 9.18. The molecule has 2 aromatic carbocycles. The lowest BCUT2D eigenvalue weighted by Gasteiger charge is -2.14. The van der Waals surface area contributed by atoms with Gasteiger partial charge < -0.3 is 29.0 Å². The first-order valence-corrected chi connectivity index (χ1v) is 13.8. The van der Waals surface area contributed by atoms with Crippen LogP contribution in [0.4, 0.5) is 4.79 Å². The maximum Gasteiger partial charge on any atom is 0.407 e. The molecule has 1 amide bonds. The van der Waals surface area contributed by atoms with E-state index in [9.17, 15) is 4.79 Å². The third-order valence-corrected chi connectivity index (χ3v) is 6.42. The monoisotopic (exact) mass is 533 g/mol. The zero-order chi connectivity index (χ0) is 26.0. The van der Waals surface area contributed by atoms with Gasteiger partial charge in [-0.1, -0.05) is 61.4 Å². The van der Waals surface area contributed by atoms with E-state index in [1.807, 2.05) is 24.3 Å². The highest BCUT2D eigenvalue weighted by Crippen LogP contribution is 2.44. The van der Waals surface area contributed by atoms with Gasteiger partial charge in [-0.25, -0.2) is 4.79 Å². The molecule has 0 fully saturated rings. The molecule has 3 rings (SSSR count). The molecule has 2 aromatic rings. The van der Waals surface area contributed by atoms with Crippen molar-refractivity contribution in [3.05, 3.63) is 59.7 Å². The highest BCUT2D eigenvalue weighted by molar-refractivity contribution is 6.17. The molecule has 1 aliphatic carbocycles. The Balaban J connectivity index is 1.12. The molecule has 1 N–H and O–H groups in total. The second kappa shape index (κ2) is 18.2. The van der Waals surface area contributed by atoms with E-state index < -0.39 is 6.09 Å². The molecule has 37 heavy (non-hydrogen) atoms. The van der Waals surface area contributed by atoms with Crippen LogP contribution in [-0.2, 0) is 23.7 Å². The largest absolute Gasteiger partial charge is 0.449 e. The van der Waals surface area contributed by atoms with Crippen LogP contribution in [0.1, 0.15) is 42.7 Å². The van der Waals surface area contributed by atoms with E-state index in [0.717, 1.165) is 31.7 Å². The van der Waals surface area contributed by atoms with Gasteiger partial charge in [-0.15, -0.1) is 11.6 Å². The molecule has 0 bridgehead atoms. The first-order valence-electron chi connectivity index (χ1n) is 13.3. The van der Waals surface area contributed by atoms with Crippen molar-refractivity contribution in [2.75, 3.05) is 71.9 Å². The van der Waals surface area contributed by atoms with Crippen LogP contribution in [-0.4, -0.2) is 78.0 Å². The van der Waals surface area contributed by atoms with E-state index in [4.69, 9.17) is 35.3 Å². The van der Waals surface area contributed by atoms with Crippen molar-refractivity contribution in [3.8, 4) is 11.1 Å². The lowest BCUT2D eigenvalue weighted by Crippen LogP contribution is -2.29. The van der Waals surface area contributed by atoms with Crippen LogP contribution < -0.4 is 5.32 Å². The summed E-state index contributed by atoms with van der Waals surface area (Å²) in [7, 11) is 0. The minimum atomic E-state index is -0.436. The molecule has 0 saturated carbocycles. The van der Waals surface area contributed by atoms with E-state index in [0.29, 0.717) is 59.4 Å². The van der Waals surface area contributed by atoms with Gasteiger partial charge in [0, 0.05) is 24.9 Å². The quantitative estimate of drug-likeness (QED) is 0.182. The molecule has 1 aliphatic rings. The van der Waals surface area contributed by atoms with Gasteiger partial charge >= 0.3 is 6.09 Å². The Morgan fingerprint density at radius 3 is 1.78 bits per heavy atom.